The molecular weight excluding hydrogens is 292 g/mol. The number of amides is 1. The number of pyridine rings is 1. The van der Waals surface area contributed by atoms with Crippen molar-refractivity contribution >= 4 is 18.0 Å². The first-order valence-electron chi connectivity index (χ1n) is 7.29. The zero-order valence-electron chi connectivity index (χ0n) is 12.6. The van der Waals surface area contributed by atoms with Gasteiger partial charge in [-0.05, 0) is 35.3 Å². The highest BCUT2D eigenvalue weighted by atomic mass is 16.4. The van der Waals surface area contributed by atoms with Crippen molar-refractivity contribution in [3.63, 3.8) is 0 Å². The summed E-state index contributed by atoms with van der Waals surface area (Å²) in [5.74, 6) is -0.983. The zero-order chi connectivity index (χ0) is 16.5. The molecule has 1 heterocycles. The number of aryl methyl sites for hydroxylation is 1. The highest BCUT2D eigenvalue weighted by Gasteiger charge is 1.99. The van der Waals surface area contributed by atoms with Crippen LogP contribution in [0, 0.1) is 0 Å². The number of aliphatic carboxylic acids is 1. The van der Waals surface area contributed by atoms with Crippen molar-refractivity contribution in [3.05, 3.63) is 71.6 Å². The van der Waals surface area contributed by atoms with Gasteiger partial charge in [-0.25, -0.2) is 0 Å². The van der Waals surface area contributed by atoms with Gasteiger partial charge in [-0.3, -0.25) is 14.6 Å². The second kappa shape index (κ2) is 8.48. The quantitative estimate of drug-likeness (QED) is 0.770. The Kier molecular flexibility index (Phi) is 6.06. The summed E-state index contributed by atoms with van der Waals surface area (Å²) in [6, 6.07) is 11.2. The minimum Gasteiger partial charge on any atom is -0.481 e. The average molecular weight is 310 g/mol. The number of aromatic nitrogens is 1. The maximum Gasteiger partial charge on any atom is 0.303 e. The first-order valence-corrected chi connectivity index (χ1v) is 7.29. The van der Waals surface area contributed by atoms with E-state index in [1.807, 2.05) is 36.4 Å². The van der Waals surface area contributed by atoms with E-state index >= 15 is 0 Å². The molecule has 1 aromatic carbocycles. The number of carbonyl (C=O) groups excluding carboxylic acids is 1. The number of benzene rings is 1. The van der Waals surface area contributed by atoms with Crippen LogP contribution < -0.4 is 5.32 Å². The molecule has 0 radical (unpaired) electrons. The third-order valence-corrected chi connectivity index (χ3v) is 3.22. The second-order valence-electron chi connectivity index (χ2n) is 5.05. The van der Waals surface area contributed by atoms with Crippen LogP contribution in [0.2, 0.25) is 0 Å². The molecule has 0 fully saturated rings. The van der Waals surface area contributed by atoms with Gasteiger partial charge < -0.3 is 10.4 Å². The fraction of sp³-hybridized carbons (Fsp3) is 0.167. The van der Waals surface area contributed by atoms with Crippen molar-refractivity contribution in [3.8, 4) is 0 Å². The van der Waals surface area contributed by atoms with E-state index in [2.05, 4.69) is 10.3 Å². The molecule has 0 bridgehead atoms. The van der Waals surface area contributed by atoms with Crippen LogP contribution in [-0.2, 0) is 22.6 Å². The van der Waals surface area contributed by atoms with E-state index in [1.165, 1.54) is 6.08 Å². The van der Waals surface area contributed by atoms with E-state index in [-0.39, 0.29) is 12.3 Å². The number of carboxylic acids is 1. The first-order chi connectivity index (χ1) is 11.1. The maximum absolute atomic E-state index is 11.8. The van der Waals surface area contributed by atoms with Crippen LogP contribution in [0.15, 0.2) is 54.9 Å². The standard InChI is InChI=1S/C18H18N2O3/c21-17(20-13-16-2-1-11-19-12-16)9-7-14-3-5-15(6-4-14)8-10-18(22)23/h1-7,9,11-12H,8,10,13H2,(H,20,21)(H,22,23). The number of hydrogen-bond donors (Lipinski definition) is 2. The predicted octanol–water partition coefficient (Wildman–Crippen LogP) is 2.43. The van der Waals surface area contributed by atoms with Crippen molar-refractivity contribution < 1.29 is 14.7 Å². The van der Waals surface area contributed by atoms with Crippen molar-refractivity contribution in [2.45, 2.75) is 19.4 Å². The molecule has 0 spiro atoms. The lowest BCUT2D eigenvalue weighted by molar-refractivity contribution is -0.137. The van der Waals surface area contributed by atoms with E-state index in [0.717, 1.165) is 16.7 Å². The number of nitrogens with one attached hydrogen (secondary N) is 1. The van der Waals surface area contributed by atoms with E-state index < -0.39 is 5.97 Å². The number of carboxylic acid groups (broad SMARTS) is 1. The van der Waals surface area contributed by atoms with Crippen LogP contribution >= 0.6 is 0 Å². The molecule has 118 valence electrons. The minimum absolute atomic E-state index is 0.117. The van der Waals surface area contributed by atoms with Crippen LogP contribution in [0.1, 0.15) is 23.1 Å². The van der Waals surface area contributed by atoms with Gasteiger partial charge in [0.25, 0.3) is 0 Å². The highest BCUT2D eigenvalue weighted by molar-refractivity contribution is 5.91. The molecule has 0 aliphatic rings. The Labute approximate surface area is 134 Å². The van der Waals surface area contributed by atoms with Crippen LogP contribution in [0.5, 0.6) is 0 Å². The monoisotopic (exact) mass is 310 g/mol. The Morgan fingerprint density at radius 1 is 1.13 bits per heavy atom. The van der Waals surface area contributed by atoms with E-state index in [4.69, 9.17) is 5.11 Å². The summed E-state index contributed by atoms with van der Waals surface area (Å²) in [5, 5.41) is 11.4. The molecule has 2 aromatic rings. The summed E-state index contributed by atoms with van der Waals surface area (Å²) in [6.45, 7) is 0.436. The molecule has 0 saturated carbocycles. The predicted molar refractivity (Wildman–Crippen MR) is 87.5 cm³/mol. The minimum atomic E-state index is -0.806. The largest absolute Gasteiger partial charge is 0.481 e. The second-order valence-corrected chi connectivity index (χ2v) is 5.05. The van der Waals surface area contributed by atoms with Crippen molar-refractivity contribution in [2.24, 2.45) is 0 Å². The SMILES string of the molecule is O=C(O)CCc1ccc(C=CC(=O)NCc2cccnc2)cc1. The Balaban J connectivity index is 1.82. The van der Waals surface area contributed by atoms with Gasteiger partial charge in [0.2, 0.25) is 5.91 Å². The fourth-order valence-corrected chi connectivity index (χ4v) is 1.97. The van der Waals surface area contributed by atoms with Crippen molar-refractivity contribution in [2.75, 3.05) is 0 Å². The molecule has 0 saturated heterocycles. The van der Waals surface area contributed by atoms with Gasteiger partial charge >= 0.3 is 5.97 Å². The molecule has 1 amide bonds. The van der Waals surface area contributed by atoms with Gasteiger partial charge in [0.05, 0.1) is 0 Å². The summed E-state index contributed by atoms with van der Waals surface area (Å²) >= 11 is 0. The molecule has 2 N–H and O–H groups in total. The zero-order valence-corrected chi connectivity index (χ0v) is 12.6. The summed E-state index contributed by atoms with van der Waals surface area (Å²) in [4.78, 5) is 26.3. The molecule has 0 aliphatic carbocycles. The van der Waals surface area contributed by atoms with E-state index in [0.29, 0.717) is 13.0 Å². The van der Waals surface area contributed by atoms with Crippen LogP contribution in [-0.4, -0.2) is 22.0 Å². The lowest BCUT2D eigenvalue weighted by Gasteiger charge is -2.02. The van der Waals surface area contributed by atoms with Crippen LogP contribution in [0.3, 0.4) is 0 Å². The summed E-state index contributed by atoms with van der Waals surface area (Å²) < 4.78 is 0. The topological polar surface area (TPSA) is 79.3 Å². The molecule has 0 atom stereocenters. The molecule has 5 nitrogen and oxygen atoms in total. The number of rotatable bonds is 7. The lowest BCUT2D eigenvalue weighted by Crippen LogP contribution is -2.20. The maximum atomic E-state index is 11.8. The highest BCUT2D eigenvalue weighted by Crippen LogP contribution is 2.08. The van der Waals surface area contributed by atoms with Crippen molar-refractivity contribution in [1.29, 1.82) is 0 Å². The molecule has 2 rings (SSSR count). The summed E-state index contributed by atoms with van der Waals surface area (Å²) in [6.07, 6.45) is 7.21. The third-order valence-electron chi connectivity index (χ3n) is 3.22. The third kappa shape index (κ3) is 6.13. The van der Waals surface area contributed by atoms with Crippen LogP contribution in [0.25, 0.3) is 6.08 Å². The van der Waals surface area contributed by atoms with Gasteiger partial charge in [-0.2, -0.15) is 0 Å². The molecule has 0 aliphatic heterocycles. The van der Waals surface area contributed by atoms with E-state index in [1.54, 1.807) is 18.5 Å². The summed E-state index contributed by atoms with van der Waals surface area (Å²) in [5.41, 5.74) is 2.79. The molecule has 5 heteroatoms. The lowest BCUT2D eigenvalue weighted by atomic mass is 10.1. The Morgan fingerprint density at radius 2 is 1.91 bits per heavy atom. The molecule has 1 aromatic heterocycles. The fourth-order valence-electron chi connectivity index (χ4n) is 1.97. The Morgan fingerprint density at radius 3 is 2.57 bits per heavy atom. The number of nitrogens with zero attached hydrogens (tertiary/aromatic N) is 1. The van der Waals surface area contributed by atoms with Gasteiger partial charge in [0.1, 0.15) is 0 Å². The Hall–Kier alpha value is -2.95. The smallest absolute Gasteiger partial charge is 0.303 e. The molecular formula is C18H18N2O3. The van der Waals surface area contributed by atoms with Gasteiger partial charge in [-0.15, -0.1) is 0 Å². The van der Waals surface area contributed by atoms with E-state index in [9.17, 15) is 9.59 Å². The normalized spacial score (nSPS) is 10.6. The van der Waals surface area contributed by atoms with Gasteiger partial charge in [-0.1, -0.05) is 30.3 Å². The number of hydrogen-bond acceptors (Lipinski definition) is 3. The molecule has 0 unspecified atom stereocenters. The first kappa shape index (κ1) is 16.4. The summed E-state index contributed by atoms with van der Waals surface area (Å²) in [7, 11) is 0. The Bertz CT molecular complexity index is 679. The number of carbonyl (C=O) groups is 2. The van der Waals surface area contributed by atoms with Crippen molar-refractivity contribution in [1.82, 2.24) is 10.3 Å². The van der Waals surface area contributed by atoms with Gasteiger partial charge in [0, 0.05) is 31.4 Å². The molecule has 23 heavy (non-hydrogen) atoms. The van der Waals surface area contributed by atoms with Crippen LogP contribution in [0.4, 0.5) is 0 Å². The average Bonchev–Trinajstić information content (AvgIpc) is 2.58. The van der Waals surface area contributed by atoms with Gasteiger partial charge in [0.15, 0.2) is 0 Å².